The Balaban J connectivity index is 2.43. The lowest BCUT2D eigenvalue weighted by atomic mass is 9.97. The average Bonchev–Trinajstić information content (AvgIpc) is 2.53. The standard InChI is InChI=1S/C14H28O8S/c1-2-3-4-5-6-7-8-20-14(10-15)13(17)12(16)11(9-21-14)22-23(18)19/h11-13,15-17H,2-10H2,1H3,(H,18,19)/t11-,12-,13+,14-/m1/s1. The van der Waals surface area contributed by atoms with Gasteiger partial charge in [-0.05, 0) is 6.42 Å². The molecule has 23 heavy (non-hydrogen) atoms. The van der Waals surface area contributed by atoms with Crippen molar-refractivity contribution in [2.75, 3.05) is 19.8 Å². The summed E-state index contributed by atoms with van der Waals surface area (Å²) >= 11 is -2.59. The molecule has 1 heterocycles. The van der Waals surface area contributed by atoms with Crippen molar-refractivity contribution in [3.63, 3.8) is 0 Å². The van der Waals surface area contributed by atoms with Gasteiger partial charge in [0, 0.05) is 0 Å². The SMILES string of the molecule is CCCCCCCCO[C@]1(CO)OC[C@@H](OS(=O)O)[C@@H](O)[C@@H]1O. The van der Waals surface area contributed by atoms with Gasteiger partial charge >= 0.3 is 11.4 Å². The molecule has 0 aromatic heterocycles. The quantitative estimate of drug-likeness (QED) is 0.308. The maximum atomic E-state index is 10.6. The number of hydrogen-bond acceptors (Lipinski definition) is 7. The topological polar surface area (TPSA) is 126 Å². The van der Waals surface area contributed by atoms with Crippen LogP contribution in [0.2, 0.25) is 0 Å². The Hall–Kier alpha value is -0.130. The third-order valence-electron chi connectivity index (χ3n) is 3.92. The molecule has 0 aliphatic carbocycles. The Kier molecular flexibility index (Phi) is 9.71. The van der Waals surface area contributed by atoms with E-state index in [0.29, 0.717) is 0 Å². The smallest absolute Gasteiger partial charge is 0.302 e. The van der Waals surface area contributed by atoms with E-state index in [1.54, 1.807) is 0 Å². The predicted molar refractivity (Wildman–Crippen MR) is 82.8 cm³/mol. The minimum Gasteiger partial charge on any atom is -0.391 e. The molecule has 0 saturated carbocycles. The molecule has 1 fully saturated rings. The van der Waals surface area contributed by atoms with E-state index in [1.807, 2.05) is 0 Å². The lowest BCUT2D eigenvalue weighted by Gasteiger charge is -2.44. The van der Waals surface area contributed by atoms with Crippen LogP contribution in [0, 0.1) is 0 Å². The van der Waals surface area contributed by atoms with Gasteiger partial charge in [0.1, 0.15) is 24.9 Å². The first-order valence-corrected chi connectivity index (χ1v) is 9.03. The molecule has 9 heteroatoms. The van der Waals surface area contributed by atoms with Crippen LogP contribution in [0.1, 0.15) is 45.4 Å². The van der Waals surface area contributed by atoms with Crippen LogP contribution in [0.5, 0.6) is 0 Å². The van der Waals surface area contributed by atoms with Crippen LogP contribution in [0.3, 0.4) is 0 Å². The first kappa shape index (κ1) is 20.9. The van der Waals surface area contributed by atoms with E-state index in [9.17, 15) is 19.5 Å². The molecule has 0 spiro atoms. The first-order valence-electron chi connectivity index (χ1n) is 7.99. The Morgan fingerprint density at radius 1 is 1.22 bits per heavy atom. The van der Waals surface area contributed by atoms with Gasteiger partial charge in [-0.15, -0.1) is 0 Å². The number of aliphatic hydroxyl groups excluding tert-OH is 3. The molecule has 1 aliphatic rings. The number of aliphatic hydroxyl groups is 3. The number of unbranched alkanes of at least 4 members (excludes halogenated alkanes) is 5. The van der Waals surface area contributed by atoms with Crippen molar-refractivity contribution in [3.05, 3.63) is 0 Å². The summed E-state index contributed by atoms with van der Waals surface area (Å²) in [5.41, 5.74) is 0. The van der Waals surface area contributed by atoms with E-state index in [0.717, 1.165) is 25.7 Å². The Morgan fingerprint density at radius 3 is 2.48 bits per heavy atom. The highest BCUT2D eigenvalue weighted by molar-refractivity contribution is 7.74. The summed E-state index contributed by atoms with van der Waals surface area (Å²) in [4.78, 5) is 0. The van der Waals surface area contributed by atoms with Gasteiger partial charge in [0.25, 0.3) is 0 Å². The van der Waals surface area contributed by atoms with Gasteiger partial charge in [-0.2, -0.15) is 4.21 Å². The van der Waals surface area contributed by atoms with Crippen molar-refractivity contribution in [2.45, 2.75) is 69.5 Å². The summed E-state index contributed by atoms with van der Waals surface area (Å²) in [5, 5.41) is 29.6. The van der Waals surface area contributed by atoms with Crippen molar-refractivity contribution in [2.24, 2.45) is 0 Å². The molecule has 1 saturated heterocycles. The second kappa shape index (κ2) is 10.7. The second-order valence-corrected chi connectivity index (χ2v) is 6.31. The highest BCUT2D eigenvalue weighted by Gasteiger charge is 2.51. The van der Waals surface area contributed by atoms with E-state index >= 15 is 0 Å². The molecule has 138 valence electrons. The minimum atomic E-state index is -2.59. The van der Waals surface area contributed by atoms with Crippen molar-refractivity contribution < 1.29 is 37.7 Å². The fourth-order valence-corrected chi connectivity index (χ4v) is 2.88. The summed E-state index contributed by atoms with van der Waals surface area (Å²) in [7, 11) is 0. The molecule has 1 aliphatic heterocycles. The van der Waals surface area contributed by atoms with Crippen LogP contribution in [-0.4, -0.2) is 68.0 Å². The predicted octanol–water partition coefficient (Wildman–Crippen LogP) is 0.326. The molecule has 0 radical (unpaired) electrons. The van der Waals surface area contributed by atoms with Gasteiger partial charge in [0.15, 0.2) is 0 Å². The normalized spacial score (nSPS) is 32.8. The molecular formula is C14H28O8S. The lowest BCUT2D eigenvalue weighted by Crippen LogP contribution is -2.64. The fourth-order valence-electron chi connectivity index (χ4n) is 2.50. The summed E-state index contributed by atoms with van der Waals surface area (Å²) in [6.07, 6.45) is 2.07. The van der Waals surface area contributed by atoms with E-state index in [-0.39, 0.29) is 13.2 Å². The Morgan fingerprint density at radius 2 is 1.87 bits per heavy atom. The maximum absolute atomic E-state index is 10.6. The summed E-state index contributed by atoms with van der Waals surface area (Å²) in [5.74, 6) is -1.74. The van der Waals surface area contributed by atoms with Crippen molar-refractivity contribution in [3.8, 4) is 0 Å². The monoisotopic (exact) mass is 356 g/mol. The third kappa shape index (κ3) is 6.35. The number of hydrogen-bond donors (Lipinski definition) is 4. The Bertz CT molecular complexity index is 356. The molecule has 1 unspecified atom stereocenters. The largest absolute Gasteiger partial charge is 0.391 e. The van der Waals surface area contributed by atoms with Gasteiger partial charge in [0.05, 0.1) is 13.2 Å². The second-order valence-electron chi connectivity index (χ2n) is 5.68. The van der Waals surface area contributed by atoms with Gasteiger partial charge in [-0.25, -0.2) is 0 Å². The van der Waals surface area contributed by atoms with Crippen LogP contribution in [-0.2, 0) is 25.0 Å². The van der Waals surface area contributed by atoms with Crippen LogP contribution in [0.15, 0.2) is 0 Å². The van der Waals surface area contributed by atoms with Crippen LogP contribution >= 0.6 is 0 Å². The van der Waals surface area contributed by atoms with Crippen LogP contribution in [0.4, 0.5) is 0 Å². The molecule has 0 aromatic carbocycles. The van der Waals surface area contributed by atoms with E-state index in [1.165, 1.54) is 12.8 Å². The zero-order valence-corrected chi connectivity index (χ0v) is 14.2. The van der Waals surface area contributed by atoms with Gasteiger partial charge < -0.3 is 24.8 Å². The molecule has 5 atom stereocenters. The molecule has 0 aromatic rings. The van der Waals surface area contributed by atoms with Crippen LogP contribution in [0.25, 0.3) is 0 Å². The molecular weight excluding hydrogens is 328 g/mol. The van der Waals surface area contributed by atoms with E-state index in [2.05, 4.69) is 11.1 Å². The van der Waals surface area contributed by atoms with Gasteiger partial charge in [0.2, 0.25) is 5.79 Å². The molecule has 1 rings (SSSR count). The van der Waals surface area contributed by atoms with Crippen molar-refractivity contribution in [1.29, 1.82) is 0 Å². The maximum Gasteiger partial charge on any atom is 0.302 e. The van der Waals surface area contributed by atoms with Crippen molar-refractivity contribution >= 4 is 11.4 Å². The highest BCUT2D eigenvalue weighted by Crippen LogP contribution is 2.29. The average molecular weight is 356 g/mol. The molecule has 0 bridgehead atoms. The Labute approximate surface area is 139 Å². The zero-order chi connectivity index (χ0) is 17.3. The molecule has 0 amide bonds. The van der Waals surface area contributed by atoms with E-state index in [4.69, 9.17) is 14.0 Å². The van der Waals surface area contributed by atoms with Gasteiger partial charge in [-0.3, -0.25) is 8.74 Å². The number of rotatable bonds is 11. The summed E-state index contributed by atoms with van der Waals surface area (Å²) in [6, 6.07) is 0. The fraction of sp³-hybridized carbons (Fsp3) is 1.00. The van der Waals surface area contributed by atoms with Crippen LogP contribution < -0.4 is 0 Å². The lowest BCUT2D eigenvalue weighted by molar-refractivity contribution is -0.346. The highest BCUT2D eigenvalue weighted by atomic mass is 32.2. The summed E-state index contributed by atoms with van der Waals surface area (Å²) < 4.78 is 34.6. The summed E-state index contributed by atoms with van der Waals surface area (Å²) in [6.45, 7) is 1.50. The number of ether oxygens (including phenoxy) is 2. The van der Waals surface area contributed by atoms with E-state index < -0.39 is 42.1 Å². The molecule has 8 nitrogen and oxygen atoms in total. The van der Waals surface area contributed by atoms with Crippen molar-refractivity contribution in [1.82, 2.24) is 0 Å². The minimum absolute atomic E-state index is 0.272. The third-order valence-corrected chi connectivity index (χ3v) is 4.33. The van der Waals surface area contributed by atoms with Gasteiger partial charge in [-0.1, -0.05) is 39.0 Å². The first-order chi connectivity index (χ1) is 11.0. The molecule has 4 N–H and O–H groups in total. The zero-order valence-electron chi connectivity index (χ0n) is 13.4.